The molecular weight excluding hydrogens is 117 g/mol. The Balaban J connectivity index is 3.88. The van der Waals surface area contributed by atoms with Crippen LogP contribution in [0.2, 0.25) is 0 Å². The Morgan fingerprint density at radius 1 is 1.78 bits per heavy atom. The van der Waals surface area contributed by atoms with E-state index in [2.05, 4.69) is 6.58 Å². The molecule has 0 saturated heterocycles. The molecule has 0 bridgehead atoms. The minimum atomic E-state index is -0.659. The standard InChI is InChI=1S/C7H12FN/c1-5(2)6(3)7(9)4-8/h6,9H,1,4H2,2-3H3. The molecule has 0 radical (unpaired) electrons. The van der Waals surface area contributed by atoms with Gasteiger partial charge in [-0.2, -0.15) is 0 Å². The van der Waals surface area contributed by atoms with Gasteiger partial charge in [0.05, 0.1) is 0 Å². The van der Waals surface area contributed by atoms with E-state index in [0.29, 0.717) is 0 Å². The summed E-state index contributed by atoms with van der Waals surface area (Å²) in [7, 11) is 0. The van der Waals surface area contributed by atoms with Gasteiger partial charge >= 0.3 is 0 Å². The number of nitrogens with one attached hydrogen (secondary N) is 1. The SMILES string of the molecule is C=C(C)C(C)C(=N)CF. The third-order valence-electron chi connectivity index (χ3n) is 1.41. The lowest BCUT2D eigenvalue weighted by Gasteiger charge is -2.08. The molecule has 0 heterocycles. The Morgan fingerprint density at radius 3 is 2.33 bits per heavy atom. The van der Waals surface area contributed by atoms with Crippen LogP contribution in [0.4, 0.5) is 4.39 Å². The molecule has 1 atom stereocenters. The van der Waals surface area contributed by atoms with Gasteiger partial charge in [-0.3, -0.25) is 0 Å². The zero-order valence-electron chi connectivity index (χ0n) is 5.87. The van der Waals surface area contributed by atoms with E-state index in [9.17, 15) is 4.39 Å². The zero-order chi connectivity index (χ0) is 7.44. The van der Waals surface area contributed by atoms with E-state index >= 15 is 0 Å². The zero-order valence-corrected chi connectivity index (χ0v) is 5.87. The third kappa shape index (κ3) is 2.40. The summed E-state index contributed by atoms with van der Waals surface area (Å²) in [6.45, 7) is 6.54. The first-order chi connectivity index (χ1) is 4.09. The number of allylic oxidation sites excluding steroid dienone is 1. The summed E-state index contributed by atoms with van der Waals surface area (Å²) in [5, 5.41) is 7.04. The van der Waals surface area contributed by atoms with Gasteiger partial charge in [0, 0.05) is 11.6 Å². The second-order valence-electron chi connectivity index (χ2n) is 2.23. The van der Waals surface area contributed by atoms with E-state index in [-0.39, 0.29) is 11.6 Å². The smallest absolute Gasteiger partial charge is 0.127 e. The highest BCUT2D eigenvalue weighted by Gasteiger charge is 2.07. The topological polar surface area (TPSA) is 23.9 Å². The van der Waals surface area contributed by atoms with Gasteiger partial charge in [-0.1, -0.05) is 19.1 Å². The number of rotatable bonds is 3. The van der Waals surface area contributed by atoms with Gasteiger partial charge in [-0.05, 0) is 6.92 Å². The van der Waals surface area contributed by atoms with Crippen LogP contribution in [0.5, 0.6) is 0 Å². The molecule has 0 saturated carbocycles. The minimum absolute atomic E-state index is 0.102. The lowest BCUT2D eigenvalue weighted by atomic mass is 10.00. The lowest BCUT2D eigenvalue weighted by molar-refractivity contribution is 0.566. The van der Waals surface area contributed by atoms with Gasteiger partial charge in [0.15, 0.2) is 0 Å². The van der Waals surface area contributed by atoms with Crippen molar-refractivity contribution in [3.8, 4) is 0 Å². The molecule has 9 heavy (non-hydrogen) atoms. The van der Waals surface area contributed by atoms with Gasteiger partial charge < -0.3 is 5.41 Å². The predicted octanol–water partition coefficient (Wildman–Crippen LogP) is 2.19. The number of halogens is 1. The van der Waals surface area contributed by atoms with Crippen molar-refractivity contribution in [1.29, 1.82) is 5.41 Å². The largest absolute Gasteiger partial charge is 0.306 e. The number of hydrogen-bond acceptors (Lipinski definition) is 1. The van der Waals surface area contributed by atoms with E-state index < -0.39 is 6.67 Å². The van der Waals surface area contributed by atoms with Crippen molar-refractivity contribution < 1.29 is 4.39 Å². The molecule has 0 aromatic carbocycles. The molecule has 0 aliphatic carbocycles. The normalized spacial score (nSPS) is 12.8. The maximum Gasteiger partial charge on any atom is 0.127 e. The average Bonchev–Trinajstić information content (AvgIpc) is 1.84. The van der Waals surface area contributed by atoms with Crippen molar-refractivity contribution >= 4 is 5.71 Å². The predicted molar refractivity (Wildman–Crippen MR) is 37.7 cm³/mol. The van der Waals surface area contributed by atoms with Crippen LogP contribution in [0.1, 0.15) is 13.8 Å². The van der Waals surface area contributed by atoms with E-state index in [1.54, 1.807) is 13.8 Å². The summed E-state index contributed by atoms with van der Waals surface area (Å²) >= 11 is 0. The Bertz CT molecular complexity index is 129. The second kappa shape index (κ2) is 3.38. The van der Waals surface area contributed by atoms with Crippen LogP contribution in [-0.4, -0.2) is 12.4 Å². The molecule has 0 aliphatic heterocycles. The summed E-state index contributed by atoms with van der Waals surface area (Å²) in [5.41, 5.74) is 0.958. The van der Waals surface area contributed by atoms with Gasteiger partial charge in [0.2, 0.25) is 0 Å². The Kier molecular flexibility index (Phi) is 3.13. The molecule has 52 valence electrons. The Labute approximate surface area is 55.1 Å². The highest BCUT2D eigenvalue weighted by Crippen LogP contribution is 2.07. The van der Waals surface area contributed by atoms with Crippen LogP contribution in [0.25, 0.3) is 0 Å². The highest BCUT2D eigenvalue weighted by atomic mass is 19.1. The summed E-state index contributed by atoms with van der Waals surface area (Å²) in [4.78, 5) is 0. The first kappa shape index (κ1) is 8.34. The van der Waals surface area contributed by atoms with Crippen molar-refractivity contribution in [2.45, 2.75) is 13.8 Å². The van der Waals surface area contributed by atoms with E-state index in [1.807, 2.05) is 0 Å². The van der Waals surface area contributed by atoms with Crippen LogP contribution in [0, 0.1) is 11.3 Å². The summed E-state index contributed by atoms with van der Waals surface area (Å²) in [6.07, 6.45) is 0. The first-order valence-corrected chi connectivity index (χ1v) is 2.88. The van der Waals surface area contributed by atoms with Crippen LogP contribution in [-0.2, 0) is 0 Å². The van der Waals surface area contributed by atoms with Crippen molar-refractivity contribution in [3.63, 3.8) is 0 Å². The molecule has 0 fully saturated rings. The monoisotopic (exact) mass is 129 g/mol. The fourth-order valence-electron chi connectivity index (χ4n) is 0.413. The molecule has 2 heteroatoms. The summed E-state index contributed by atoms with van der Waals surface area (Å²) in [5.74, 6) is -0.102. The molecule has 0 amide bonds. The van der Waals surface area contributed by atoms with Gasteiger partial charge in [0.1, 0.15) is 6.67 Å². The average molecular weight is 129 g/mol. The lowest BCUT2D eigenvalue weighted by Crippen LogP contribution is -2.11. The molecule has 0 rings (SSSR count). The van der Waals surface area contributed by atoms with Crippen LogP contribution < -0.4 is 0 Å². The Hall–Kier alpha value is -0.660. The molecule has 1 unspecified atom stereocenters. The van der Waals surface area contributed by atoms with Crippen molar-refractivity contribution in [3.05, 3.63) is 12.2 Å². The Morgan fingerprint density at radius 2 is 2.22 bits per heavy atom. The molecule has 0 aromatic heterocycles. The minimum Gasteiger partial charge on any atom is -0.306 e. The maximum atomic E-state index is 11.7. The molecule has 1 N–H and O–H groups in total. The van der Waals surface area contributed by atoms with Crippen molar-refractivity contribution in [1.82, 2.24) is 0 Å². The van der Waals surface area contributed by atoms with Crippen LogP contribution >= 0.6 is 0 Å². The van der Waals surface area contributed by atoms with E-state index in [1.165, 1.54) is 0 Å². The van der Waals surface area contributed by atoms with Crippen LogP contribution in [0.15, 0.2) is 12.2 Å². The maximum absolute atomic E-state index is 11.7. The van der Waals surface area contributed by atoms with Crippen molar-refractivity contribution in [2.24, 2.45) is 5.92 Å². The number of alkyl halides is 1. The molecule has 0 spiro atoms. The highest BCUT2D eigenvalue weighted by molar-refractivity contribution is 5.86. The molecule has 1 nitrogen and oxygen atoms in total. The molecule has 0 aliphatic rings. The fourth-order valence-corrected chi connectivity index (χ4v) is 0.413. The van der Waals surface area contributed by atoms with E-state index in [4.69, 9.17) is 5.41 Å². The fraction of sp³-hybridized carbons (Fsp3) is 0.571. The van der Waals surface area contributed by atoms with Crippen molar-refractivity contribution in [2.75, 3.05) is 6.67 Å². The van der Waals surface area contributed by atoms with Gasteiger partial charge in [-0.25, -0.2) is 4.39 Å². The second-order valence-corrected chi connectivity index (χ2v) is 2.23. The number of hydrogen-bond donors (Lipinski definition) is 1. The van der Waals surface area contributed by atoms with Crippen LogP contribution in [0.3, 0.4) is 0 Å². The van der Waals surface area contributed by atoms with E-state index in [0.717, 1.165) is 5.57 Å². The summed E-state index contributed by atoms with van der Waals surface area (Å²) < 4.78 is 11.7. The molecular formula is C7H12FN. The first-order valence-electron chi connectivity index (χ1n) is 2.88. The van der Waals surface area contributed by atoms with Gasteiger partial charge in [0.25, 0.3) is 0 Å². The van der Waals surface area contributed by atoms with Gasteiger partial charge in [-0.15, -0.1) is 0 Å². The summed E-state index contributed by atoms with van der Waals surface area (Å²) in [6, 6.07) is 0. The molecule has 0 aromatic rings. The quantitative estimate of drug-likeness (QED) is 0.446. The third-order valence-corrected chi connectivity index (χ3v) is 1.41.